The number of rotatable bonds is 4. The molecule has 0 spiro atoms. The maximum absolute atomic E-state index is 10.5. The van der Waals surface area contributed by atoms with Crippen LogP contribution in [0.25, 0.3) is 0 Å². The molecule has 1 unspecified atom stereocenters. The Hall–Kier alpha value is -0.370. The third-order valence-electron chi connectivity index (χ3n) is 1.30. The lowest BCUT2D eigenvalue weighted by Gasteiger charge is -2.08. The van der Waals surface area contributed by atoms with Crippen LogP contribution < -0.4 is 0 Å². The van der Waals surface area contributed by atoms with E-state index in [0.717, 1.165) is 6.42 Å². The zero-order valence-corrected chi connectivity index (χ0v) is 6.31. The zero-order valence-electron chi connectivity index (χ0n) is 6.31. The summed E-state index contributed by atoms with van der Waals surface area (Å²) < 4.78 is 4.99. The minimum absolute atomic E-state index is 0. The van der Waals surface area contributed by atoms with Crippen LogP contribution in [0.2, 0.25) is 0 Å². The maximum atomic E-state index is 10.5. The first kappa shape index (κ1) is 16.9. The highest BCUT2D eigenvalue weighted by atomic mass is 16.5. The van der Waals surface area contributed by atoms with Crippen molar-refractivity contribution in [1.82, 2.24) is 0 Å². The van der Waals surface area contributed by atoms with Gasteiger partial charge in [-0.15, -0.1) is 0 Å². The van der Waals surface area contributed by atoms with E-state index in [1.165, 1.54) is 0 Å². The SMILES string of the molecule is C.C.CCC(CC(C)=O)OC. The van der Waals surface area contributed by atoms with Gasteiger partial charge >= 0.3 is 0 Å². The quantitative estimate of drug-likeness (QED) is 0.635. The highest BCUT2D eigenvalue weighted by Crippen LogP contribution is 2.01. The zero-order chi connectivity index (χ0) is 7.28. The molecule has 2 heteroatoms. The molecule has 0 aromatic heterocycles. The molecule has 0 amide bonds. The molecule has 0 aliphatic heterocycles. The van der Waals surface area contributed by atoms with E-state index in [1.807, 2.05) is 6.92 Å². The van der Waals surface area contributed by atoms with Crippen molar-refractivity contribution in [2.45, 2.75) is 47.6 Å². The largest absolute Gasteiger partial charge is 0.381 e. The van der Waals surface area contributed by atoms with Gasteiger partial charge in [0.25, 0.3) is 0 Å². The Balaban J connectivity index is -0.000000320. The van der Waals surface area contributed by atoms with Gasteiger partial charge in [0.2, 0.25) is 0 Å². The van der Waals surface area contributed by atoms with Crippen molar-refractivity contribution in [2.75, 3.05) is 7.11 Å². The van der Waals surface area contributed by atoms with Crippen LogP contribution in [-0.4, -0.2) is 19.0 Å². The third kappa shape index (κ3) is 9.63. The molecule has 0 saturated heterocycles. The number of ether oxygens (including phenoxy) is 1. The summed E-state index contributed by atoms with van der Waals surface area (Å²) in [4.78, 5) is 10.5. The standard InChI is InChI=1S/C7H14O2.2CH4/c1-4-7(9-3)5-6(2)8;;/h7H,4-5H2,1-3H3;2*1H4. The average Bonchev–Trinajstić information content (AvgIpc) is 1.82. The van der Waals surface area contributed by atoms with Crippen LogP contribution in [0, 0.1) is 0 Å². The van der Waals surface area contributed by atoms with Gasteiger partial charge in [-0.2, -0.15) is 0 Å². The van der Waals surface area contributed by atoms with Crippen LogP contribution in [-0.2, 0) is 9.53 Å². The van der Waals surface area contributed by atoms with Gasteiger partial charge in [0, 0.05) is 13.5 Å². The van der Waals surface area contributed by atoms with Gasteiger partial charge in [-0.3, -0.25) is 4.79 Å². The number of methoxy groups -OCH3 is 1. The molecule has 70 valence electrons. The van der Waals surface area contributed by atoms with Crippen LogP contribution in [0.1, 0.15) is 41.5 Å². The van der Waals surface area contributed by atoms with Crippen molar-refractivity contribution in [3.8, 4) is 0 Å². The number of carbonyl (C=O) groups is 1. The Kier molecular flexibility index (Phi) is 14.8. The molecular weight excluding hydrogens is 140 g/mol. The number of carbonyl (C=O) groups excluding carboxylic acids is 1. The van der Waals surface area contributed by atoms with Crippen molar-refractivity contribution in [3.05, 3.63) is 0 Å². The van der Waals surface area contributed by atoms with Crippen LogP contribution in [0.3, 0.4) is 0 Å². The predicted octanol–water partition coefficient (Wildman–Crippen LogP) is 2.66. The Bertz CT molecular complexity index is 85.6. The number of hydrogen-bond acceptors (Lipinski definition) is 2. The molecule has 0 radical (unpaired) electrons. The minimum Gasteiger partial charge on any atom is -0.381 e. The molecule has 0 aliphatic rings. The summed E-state index contributed by atoms with van der Waals surface area (Å²) in [5, 5.41) is 0. The van der Waals surface area contributed by atoms with Gasteiger partial charge in [0.05, 0.1) is 6.10 Å². The first-order valence-electron chi connectivity index (χ1n) is 3.23. The van der Waals surface area contributed by atoms with E-state index in [4.69, 9.17) is 4.74 Å². The molecule has 0 aliphatic carbocycles. The van der Waals surface area contributed by atoms with Crippen molar-refractivity contribution < 1.29 is 9.53 Å². The van der Waals surface area contributed by atoms with Gasteiger partial charge < -0.3 is 4.74 Å². The van der Waals surface area contributed by atoms with E-state index in [0.29, 0.717) is 6.42 Å². The monoisotopic (exact) mass is 162 g/mol. The molecule has 0 heterocycles. The summed E-state index contributed by atoms with van der Waals surface area (Å²) >= 11 is 0. The van der Waals surface area contributed by atoms with E-state index in [9.17, 15) is 4.79 Å². The fourth-order valence-corrected chi connectivity index (χ4v) is 0.715. The molecule has 11 heavy (non-hydrogen) atoms. The molecule has 0 saturated carbocycles. The first-order chi connectivity index (χ1) is 4.20. The summed E-state index contributed by atoms with van der Waals surface area (Å²) in [6.45, 7) is 3.60. The highest BCUT2D eigenvalue weighted by molar-refractivity contribution is 5.75. The Morgan fingerprint density at radius 2 is 1.91 bits per heavy atom. The van der Waals surface area contributed by atoms with Gasteiger partial charge in [-0.05, 0) is 13.3 Å². The van der Waals surface area contributed by atoms with Crippen molar-refractivity contribution >= 4 is 5.78 Å². The smallest absolute Gasteiger partial charge is 0.132 e. The number of hydrogen-bond donors (Lipinski definition) is 0. The van der Waals surface area contributed by atoms with E-state index in [1.54, 1.807) is 14.0 Å². The normalized spacial score (nSPS) is 10.8. The van der Waals surface area contributed by atoms with Crippen molar-refractivity contribution in [2.24, 2.45) is 0 Å². The Labute approximate surface area is 70.9 Å². The second-order valence-electron chi connectivity index (χ2n) is 2.17. The molecule has 0 bridgehead atoms. The lowest BCUT2D eigenvalue weighted by molar-refractivity contribution is -0.119. The second kappa shape index (κ2) is 9.63. The second-order valence-corrected chi connectivity index (χ2v) is 2.17. The molecule has 0 rings (SSSR count). The van der Waals surface area contributed by atoms with Gasteiger partial charge in [-0.25, -0.2) is 0 Å². The molecule has 0 fully saturated rings. The molecule has 0 N–H and O–H groups in total. The molecule has 0 aromatic rings. The van der Waals surface area contributed by atoms with Gasteiger partial charge in [-0.1, -0.05) is 21.8 Å². The lowest BCUT2D eigenvalue weighted by Crippen LogP contribution is -2.12. The molecule has 0 aromatic carbocycles. The number of Topliss-reactive ketones (excluding diaryl/α,β-unsaturated/α-hetero) is 1. The van der Waals surface area contributed by atoms with E-state index in [-0.39, 0.29) is 26.7 Å². The molecular formula is C9H22O2. The van der Waals surface area contributed by atoms with Crippen LogP contribution in [0.4, 0.5) is 0 Å². The van der Waals surface area contributed by atoms with E-state index in [2.05, 4.69) is 0 Å². The van der Waals surface area contributed by atoms with Crippen molar-refractivity contribution in [3.63, 3.8) is 0 Å². The molecule has 1 atom stereocenters. The minimum atomic E-state index is 0. The summed E-state index contributed by atoms with van der Waals surface area (Å²) in [6.07, 6.45) is 1.59. The topological polar surface area (TPSA) is 26.3 Å². The highest BCUT2D eigenvalue weighted by Gasteiger charge is 2.05. The maximum Gasteiger partial charge on any atom is 0.132 e. The Morgan fingerprint density at radius 1 is 1.45 bits per heavy atom. The van der Waals surface area contributed by atoms with Gasteiger partial charge in [0.1, 0.15) is 5.78 Å². The average molecular weight is 162 g/mol. The van der Waals surface area contributed by atoms with Crippen LogP contribution in [0.5, 0.6) is 0 Å². The first-order valence-corrected chi connectivity index (χ1v) is 3.23. The summed E-state index contributed by atoms with van der Waals surface area (Å²) in [5.41, 5.74) is 0. The van der Waals surface area contributed by atoms with Gasteiger partial charge in [0.15, 0.2) is 0 Å². The predicted molar refractivity (Wildman–Crippen MR) is 49.8 cm³/mol. The van der Waals surface area contributed by atoms with Crippen molar-refractivity contribution in [1.29, 1.82) is 0 Å². The summed E-state index contributed by atoms with van der Waals surface area (Å²) in [6, 6.07) is 0. The fraction of sp³-hybridized carbons (Fsp3) is 0.889. The Morgan fingerprint density at radius 3 is 2.00 bits per heavy atom. The summed E-state index contributed by atoms with van der Waals surface area (Å²) in [7, 11) is 1.64. The number of ketones is 1. The van der Waals surface area contributed by atoms with Crippen LogP contribution >= 0.6 is 0 Å². The lowest BCUT2D eigenvalue weighted by atomic mass is 10.1. The van der Waals surface area contributed by atoms with E-state index >= 15 is 0 Å². The fourth-order valence-electron chi connectivity index (χ4n) is 0.715. The van der Waals surface area contributed by atoms with Crippen LogP contribution in [0.15, 0.2) is 0 Å². The van der Waals surface area contributed by atoms with E-state index < -0.39 is 0 Å². The molecule has 2 nitrogen and oxygen atoms in total. The third-order valence-corrected chi connectivity index (χ3v) is 1.30. The summed E-state index contributed by atoms with van der Waals surface area (Å²) in [5.74, 6) is 0.198.